The Bertz CT molecular complexity index is 1210. The van der Waals surface area contributed by atoms with Gasteiger partial charge >= 0.3 is 5.97 Å². The van der Waals surface area contributed by atoms with Crippen molar-refractivity contribution in [1.82, 2.24) is 10.1 Å². The van der Waals surface area contributed by atoms with Crippen molar-refractivity contribution in [2.75, 3.05) is 5.32 Å². The molecule has 4 rings (SSSR count). The fraction of sp³-hybridized carbons (Fsp3) is 0.320. The van der Waals surface area contributed by atoms with E-state index in [0.29, 0.717) is 52.0 Å². The van der Waals surface area contributed by atoms with Gasteiger partial charge in [-0.1, -0.05) is 22.7 Å². The number of carboxylic acid groups (broad SMARTS) is 1. The smallest absolute Gasteiger partial charge is 0.306 e. The summed E-state index contributed by atoms with van der Waals surface area (Å²) in [6, 6.07) is 10.9. The standard InChI is InChI=1S/C25H24ClN3O4/c1-4-15-11-17(6-9-21(15)27-19-8-5-18(12-19)25(30)31)24-28-23(29-33-24)16-7-10-22(20(26)13-16)32-14(2)3/h1,6-7,9-11,13-14,18-19,27H,5,8,12H2,2-3H3,(H,30,31)/t18-,19+/m1/s1. The average molecular weight is 466 g/mol. The van der Waals surface area contributed by atoms with Gasteiger partial charge in [0.2, 0.25) is 5.82 Å². The summed E-state index contributed by atoms with van der Waals surface area (Å²) >= 11 is 6.33. The summed E-state index contributed by atoms with van der Waals surface area (Å²) in [5, 5.41) is 17.1. The molecular weight excluding hydrogens is 442 g/mol. The molecule has 2 atom stereocenters. The third-order valence-electron chi connectivity index (χ3n) is 5.54. The van der Waals surface area contributed by atoms with Crippen LogP contribution in [0.4, 0.5) is 5.69 Å². The fourth-order valence-electron chi connectivity index (χ4n) is 3.93. The molecule has 1 fully saturated rings. The maximum absolute atomic E-state index is 11.2. The Balaban J connectivity index is 1.52. The van der Waals surface area contributed by atoms with Crippen LogP contribution in [0.25, 0.3) is 22.8 Å². The summed E-state index contributed by atoms with van der Waals surface area (Å²) in [5.41, 5.74) is 2.82. The number of terminal acetylenes is 1. The fourth-order valence-corrected chi connectivity index (χ4v) is 4.15. The molecule has 1 aliphatic rings. The van der Waals surface area contributed by atoms with E-state index in [1.54, 1.807) is 18.2 Å². The van der Waals surface area contributed by atoms with E-state index in [4.69, 9.17) is 27.3 Å². The van der Waals surface area contributed by atoms with E-state index in [1.165, 1.54) is 0 Å². The molecule has 0 bridgehead atoms. The number of carboxylic acids is 1. The molecule has 0 aliphatic heterocycles. The number of anilines is 1. The molecule has 2 aromatic carbocycles. The van der Waals surface area contributed by atoms with Gasteiger partial charge in [-0.25, -0.2) is 0 Å². The molecule has 1 aliphatic carbocycles. The third kappa shape index (κ3) is 5.12. The van der Waals surface area contributed by atoms with Crippen LogP contribution in [0.5, 0.6) is 5.75 Å². The van der Waals surface area contributed by atoms with Crippen molar-refractivity contribution < 1.29 is 19.2 Å². The predicted molar refractivity (Wildman–Crippen MR) is 126 cm³/mol. The molecule has 2 N–H and O–H groups in total. The number of carbonyl (C=O) groups is 1. The molecule has 0 saturated heterocycles. The van der Waals surface area contributed by atoms with E-state index in [-0.39, 0.29) is 18.1 Å². The van der Waals surface area contributed by atoms with Gasteiger partial charge in [0.15, 0.2) is 0 Å². The Morgan fingerprint density at radius 3 is 2.73 bits per heavy atom. The molecule has 1 saturated carbocycles. The van der Waals surface area contributed by atoms with E-state index >= 15 is 0 Å². The van der Waals surface area contributed by atoms with E-state index < -0.39 is 5.97 Å². The maximum atomic E-state index is 11.2. The predicted octanol–water partition coefficient (Wildman–Crippen LogP) is 5.49. The Morgan fingerprint density at radius 1 is 1.27 bits per heavy atom. The van der Waals surface area contributed by atoms with Crippen LogP contribution in [0.2, 0.25) is 5.02 Å². The molecule has 1 heterocycles. The van der Waals surface area contributed by atoms with Gasteiger partial charge in [0.25, 0.3) is 5.89 Å². The van der Waals surface area contributed by atoms with Crippen LogP contribution >= 0.6 is 11.6 Å². The first-order valence-corrected chi connectivity index (χ1v) is 11.1. The summed E-state index contributed by atoms with van der Waals surface area (Å²) < 4.78 is 11.1. The minimum absolute atomic E-state index is 0.0141. The summed E-state index contributed by atoms with van der Waals surface area (Å²) in [4.78, 5) is 15.7. The second-order valence-corrected chi connectivity index (χ2v) is 8.74. The number of hydrogen-bond donors (Lipinski definition) is 2. The van der Waals surface area contributed by atoms with Crippen molar-refractivity contribution >= 4 is 23.3 Å². The van der Waals surface area contributed by atoms with Gasteiger partial charge < -0.3 is 19.7 Å². The molecule has 8 heteroatoms. The molecule has 1 aromatic heterocycles. The number of benzene rings is 2. The van der Waals surface area contributed by atoms with Gasteiger partial charge in [0, 0.05) is 22.7 Å². The minimum Gasteiger partial charge on any atom is -0.489 e. The zero-order valence-corrected chi connectivity index (χ0v) is 19.1. The van der Waals surface area contributed by atoms with Crippen molar-refractivity contribution in [1.29, 1.82) is 0 Å². The highest BCUT2D eigenvalue weighted by Crippen LogP contribution is 2.33. The van der Waals surface area contributed by atoms with Crippen LogP contribution in [0.3, 0.4) is 0 Å². The average Bonchev–Trinajstić information content (AvgIpc) is 3.45. The highest BCUT2D eigenvalue weighted by atomic mass is 35.5. The molecule has 0 amide bonds. The highest BCUT2D eigenvalue weighted by Gasteiger charge is 2.30. The van der Waals surface area contributed by atoms with Gasteiger partial charge in [0.05, 0.1) is 22.7 Å². The van der Waals surface area contributed by atoms with Gasteiger partial charge in [-0.2, -0.15) is 4.98 Å². The van der Waals surface area contributed by atoms with Crippen LogP contribution in [0, 0.1) is 18.3 Å². The van der Waals surface area contributed by atoms with Gasteiger partial charge in [0.1, 0.15) is 5.75 Å². The van der Waals surface area contributed by atoms with Crippen LogP contribution in [-0.2, 0) is 4.79 Å². The van der Waals surface area contributed by atoms with Gasteiger partial charge in [-0.3, -0.25) is 4.79 Å². The van der Waals surface area contributed by atoms with Crippen molar-refractivity contribution in [2.45, 2.75) is 45.3 Å². The second-order valence-electron chi connectivity index (χ2n) is 8.33. The quantitative estimate of drug-likeness (QED) is 0.445. The molecule has 7 nitrogen and oxygen atoms in total. The Hall–Kier alpha value is -3.50. The zero-order chi connectivity index (χ0) is 23.5. The van der Waals surface area contributed by atoms with Gasteiger partial charge in [-0.05, 0) is 69.5 Å². The Kier molecular flexibility index (Phi) is 6.57. The van der Waals surface area contributed by atoms with Crippen LogP contribution in [-0.4, -0.2) is 33.4 Å². The number of halogens is 1. The minimum atomic E-state index is -0.748. The maximum Gasteiger partial charge on any atom is 0.306 e. The zero-order valence-electron chi connectivity index (χ0n) is 18.3. The number of nitrogens with one attached hydrogen (secondary N) is 1. The van der Waals surface area contributed by atoms with Gasteiger partial charge in [-0.15, -0.1) is 6.42 Å². The lowest BCUT2D eigenvalue weighted by molar-refractivity contribution is -0.141. The largest absolute Gasteiger partial charge is 0.489 e. The normalized spacial score (nSPS) is 17.7. The first-order chi connectivity index (χ1) is 15.8. The lowest BCUT2D eigenvalue weighted by Gasteiger charge is -2.16. The van der Waals surface area contributed by atoms with Crippen molar-refractivity contribution in [2.24, 2.45) is 5.92 Å². The number of nitrogens with zero attached hydrogens (tertiary/aromatic N) is 2. The molecular formula is C25H24ClN3O4. The summed E-state index contributed by atoms with van der Waals surface area (Å²) in [7, 11) is 0. The van der Waals surface area contributed by atoms with Crippen LogP contribution in [0.15, 0.2) is 40.9 Å². The van der Waals surface area contributed by atoms with Crippen molar-refractivity contribution in [3.8, 4) is 40.9 Å². The third-order valence-corrected chi connectivity index (χ3v) is 5.84. The topological polar surface area (TPSA) is 97.5 Å². The number of aromatic nitrogens is 2. The molecule has 3 aromatic rings. The summed E-state index contributed by atoms with van der Waals surface area (Å²) in [6.45, 7) is 3.86. The molecule has 33 heavy (non-hydrogen) atoms. The number of rotatable bonds is 7. The first kappa shape index (κ1) is 22.7. The van der Waals surface area contributed by atoms with E-state index in [1.807, 2.05) is 32.0 Å². The number of aliphatic carboxylic acids is 1. The Morgan fingerprint density at radius 2 is 2.06 bits per heavy atom. The van der Waals surface area contributed by atoms with Crippen LogP contribution < -0.4 is 10.1 Å². The summed E-state index contributed by atoms with van der Waals surface area (Å²) in [6.07, 6.45) is 7.78. The number of hydrogen-bond acceptors (Lipinski definition) is 6. The highest BCUT2D eigenvalue weighted by molar-refractivity contribution is 6.32. The SMILES string of the molecule is C#Cc1cc(-c2nc(-c3ccc(OC(C)C)c(Cl)c3)no2)ccc1N[C@H]1CC[C@@H](C(=O)O)C1. The lowest BCUT2D eigenvalue weighted by atomic mass is 10.1. The number of ether oxygens (including phenoxy) is 1. The van der Waals surface area contributed by atoms with E-state index in [0.717, 1.165) is 12.1 Å². The van der Waals surface area contributed by atoms with E-state index in [9.17, 15) is 9.90 Å². The monoisotopic (exact) mass is 465 g/mol. The summed E-state index contributed by atoms with van der Waals surface area (Å²) in [5.74, 6) is 2.95. The molecule has 170 valence electrons. The molecule has 0 radical (unpaired) electrons. The van der Waals surface area contributed by atoms with Crippen LogP contribution in [0.1, 0.15) is 38.7 Å². The van der Waals surface area contributed by atoms with E-state index in [2.05, 4.69) is 21.4 Å². The lowest BCUT2D eigenvalue weighted by Crippen LogP contribution is -2.18. The first-order valence-electron chi connectivity index (χ1n) is 10.7. The second kappa shape index (κ2) is 9.55. The molecule has 0 spiro atoms. The van der Waals surface area contributed by atoms with Crippen molar-refractivity contribution in [3.63, 3.8) is 0 Å². The Labute approximate surface area is 197 Å². The molecule has 0 unspecified atom stereocenters. The van der Waals surface area contributed by atoms with Crippen molar-refractivity contribution in [3.05, 3.63) is 47.0 Å².